The molecule has 0 saturated carbocycles. The summed E-state index contributed by atoms with van der Waals surface area (Å²) in [6.45, 7) is 2.95. The SMILES string of the molecule is Cc1cnc(C2CCCN(S(=O)(=O)c3ccc(Cl)cc3)C2)[nH]1. The van der Waals surface area contributed by atoms with E-state index in [0.717, 1.165) is 24.4 Å². The lowest BCUT2D eigenvalue weighted by molar-refractivity contribution is 0.310. The van der Waals surface area contributed by atoms with E-state index in [2.05, 4.69) is 9.97 Å². The predicted octanol–water partition coefficient (Wildman–Crippen LogP) is 2.94. The van der Waals surface area contributed by atoms with Crippen LogP contribution in [0, 0.1) is 6.92 Å². The fourth-order valence-electron chi connectivity index (χ4n) is 2.78. The lowest BCUT2D eigenvalue weighted by Gasteiger charge is -2.31. The molecule has 2 heterocycles. The highest BCUT2D eigenvalue weighted by Crippen LogP contribution is 2.29. The lowest BCUT2D eigenvalue weighted by Crippen LogP contribution is -2.39. The number of nitrogens with one attached hydrogen (secondary N) is 1. The molecule has 0 bridgehead atoms. The number of aryl methyl sites for hydroxylation is 1. The number of benzene rings is 1. The normalized spacial score (nSPS) is 20.2. The largest absolute Gasteiger partial charge is 0.346 e. The van der Waals surface area contributed by atoms with Crippen molar-refractivity contribution in [2.45, 2.75) is 30.6 Å². The average Bonchev–Trinajstić information content (AvgIpc) is 2.94. The topological polar surface area (TPSA) is 66.1 Å². The number of piperidine rings is 1. The molecule has 0 radical (unpaired) electrons. The first kappa shape index (κ1) is 15.5. The van der Waals surface area contributed by atoms with Crippen molar-refractivity contribution in [3.8, 4) is 0 Å². The quantitative estimate of drug-likeness (QED) is 0.935. The Balaban J connectivity index is 1.83. The molecule has 1 aromatic heterocycles. The zero-order chi connectivity index (χ0) is 15.7. The van der Waals surface area contributed by atoms with Crippen LogP contribution in [0.2, 0.25) is 5.02 Å². The number of hydrogen-bond acceptors (Lipinski definition) is 3. The molecule has 1 aliphatic heterocycles. The number of halogens is 1. The Morgan fingerprint density at radius 3 is 2.68 bits per heavy atom. The third kappa shape index (κ3) is 3.04. The average molecular weight is 340 g/mol. The first-order chi connectivity index (χ1) is 10.5. The number of aromatic nitrogens is 2. The number of imidazole rings is 1. The first-order valence-corrected chi connectivity index (χ1v) is 9.06. The Labute approximate surface area is 135 Å². The molecular weight excluding hydrogens is 322 g/mol. The number of hydrogen-bond donors (Lipinski definition) is 1. The summed E-state index contributed by atoms with van der Waals surface area (Å²) >= 11 is 5.83. The van der Waals surface area contributed by atoms with Crippen LogP contribution in [-0.4, -0.2) is 35.8 Å². The molecule has 1 N–H and O–H groups in total. The summed E-state index contributed by atoms with van der Waals surface area (Å²) in [5, 5.41) is 0.529. The third-order valence-corrected chi connectivity index (χ3v) is 6.08. The van der Waals surface area contributed by atoms with Crippen molar-refractivity contribution < 1.29 is 8.42 Å². The van der Waals surface area contributed by atoms with Gasteiger partial charge in [-0.05, 0) is 44.0 Å². The fraction of sp³-hybridized carbons (Fsp3) is 0.400. The standard InChI is InChI=1S/C15H18ClN3O2S/c1-11-9-17-15(18-11)12-3-2-8-19(10-12)22(20,21)14-6-4-13(16)5-7-14/h4-7,9,12H,2-3,8,10H2,1H3,(H,17,18). The number of rotatable bonds is 3. The minimum atomic E-state index is -3.48. The van der Waals surface area contributed by atoms with Crippen LogP contribution in [0.1, 0.15) is 30.3 Å². The second kappa shape index (κ2) is 6.02. The van der Waals surface area contributed by atoms with Crippen molar-refractivity contribution >= 4 is 21.6 Å². The number of H-pyrrole nitrogens is 1. The summed E-state index contributed by atoms with van der Waals surface area (Å²) < 4.78 is 27.0. The molecule has 2 aromatic rings. The summed E-state index contributed by atoms with van der Waals surface area (Å²) in [5.74, 6) is 0.984. The summed E-state index contributed by atoms with van der Waals surface area (Å²) in [5.41, 5.74) is 0.993. The molecule has 1 aromatic carbocycles. The van der Waals surface area contributed by atoms with Crippen LogP contribution in [0.15, 0.2) is 35.4 Å². The van der Waals surface area contributed by atoms with Gasteiger partial charge in [0, 0.05) is 35.9 Å². The molecule has 118 valence electrons. The highest BCUT2D eigenvalue weighted by molar-refractivity contribution is 7.89. The van der Waals surface area contributed by atoms with Gasteiger partial charge in [-0.3, -0.25) is 0 Å². The summed E-state index contributed by atoms with van der Waals surface area (Å²) in [6, 6.07) is 6.31. The minimum absolute atomic E-state index is 0.115. The van der Waals surface area contributed by atoms with E-state index in [1.165, 1.54) is 0 Å². The molecule has 3 rings (SSSR count). The van der Waals surface area contributed by atoms with Crippen LogP contribution in [0.25, 0.3) is 0 Å². The first-order valence-electron chi connectivity index (χ1n) is 7.24. The van der Waals surface area contributed by atoms with Crippen LogP contribution < -0.4 is 0 Å². The molecular formula is C15H18ClN3O2S. The van der Waals surface area contributed by atoms with Crippen molar-refractivity contribution in [2.75, 3.05) is 13.1 Å². The summed E-state index contributed by atoms with van der Waals surface area (Å²) in [7, 11) is -3.48. The monoisotopic (exact) mass is 339 g/mol. The highest BCUT2D eigenvalue weighted by atomic mass is 35.5. The Hall–Kier alpha value is -1.37. The van der Waals surface area contributed by atoms with Gasteiger partial charge in [-0.1, -0.05) is 11.6 Å². The molecule has 7 heteroatoms. The van der Waals surface area contributed by atoms with Crippen molar-refractivity contribution in [3.05, 3.63) is 47.0 Å². The number of aromatic amines is 1. The molecule has 0 aliphatic carbocycles. The van der Waals surface area contributed by atoms with Gasteiger partial charge in [0.15, 0.2) is 0 Å². The Morgan fingerprint density at radius 2 is 2.05 bits per heavy atom. The van der Waals surface area contributed by atoms with Crippen LogP contribution in [0.5, 0.6) is 0 Å². The van der Waals surface area contributed by atoms with Crippen molar-refractivity contribution in [3.63, 3.8) is 0 Å². The van der Waals surface area contributed by atoms with Gasteiger partial charge in [0.1, 0.15) is 5.82 Å². The van der Waals surface area contributed by atoms with Gasteiger partial charge in [0.25, 0.3) is 0 Å². The number of nitrogens with zero attached hydrogens (tertiary/aromatic N) is 2. The molecule has 22 heavy (non-hydrogen) atoms. The zero-order valence-electron chi connectivity index (χ0n) is 12.3. The molecule has 1 atom stereocenters. The third-order valence-electron chi connectivity index (χ3n) is 3.94. The summed E-state index contributed by atoms with van der Waals surface area (Å²) in [6.07, 6.45) is 3.55. The smallest absolute Gasteiger partial charge is 0.243 e. The van der Waals surface area contributed by atoms with E-state index in [9.17, 15) is 8.42 Å². The molecule has 1 saturated heterocycles. The molecule has 0 spiro atoms. The molecule has 1 fully saturated rings. The zero-order valence-corrected chi connectivity index (χ0v) is 13.9. The van der Waals surface area contributed by atoms with E-state index in [1.54, 1.807) is 34.8 Å². The summed E-state index contributed by atoms with van der Waals surface area (Å²) in [4.78, 5) is 7.85. The second-order valence-corrected chi connectivity index (χ2v) is 7.98. The Bertz CT molecular complexity index is 755. The van der Waals surface area contributed by atoms with E-state index < -0.39 is 10.0 Å². The Morgan fingerprint density at radius 1 is 1.32 bits per heavy atom. The minimum Gasteiger partial charge on any atom is -0.346 e. The Kier molecular flexibility index (Phi) is 4.25. The fourth-order valence-corrected chi connectivity index (χ4v) is 4.43. The molecule has 1 unspecified atom stereocenters. The second-order valence-electron chi connectivity index (χ2n) is 5.61. The number of sulfonamides is 1. The predicted molar refractivity (Wildman–Crippen MR) is 85.5 cm³/mol. The molecule has 1 aliphatic rings. The maximum Gasteiger partial charge on any atom is 0.243 e. The molecule has 0 amide bonds. The molecule has 5 nitrogen and oxygen atoms in total. The van der Waals surface area contributed by atoms with Crippen molar-refractivity contribution in [2.24, 2.45) is 0 Å². The highest BCUT2D eigenvalue weighted by Gasteiger charge is 2.31. The van der Waals surface area contributed by atoms with Gasteiger partial charge in [0.2, 0.25) is 10.0 Å². The van der Waals surface area contributed by atoms with E-state index in [1.807, 2.05) is 6.92 Å². The van der Waals surface area contributed by atoms with Gasteiger partial charge in [-0.2, -0.15) is 4.31 Å². The van der Waals surface area contributed by atoms with Gasteiger partial charge < -0.3 is 4.98 Å². The van der Waals surface area contributed by atoms with E-state index >= 15 is 0 Å². The van der Waals surface area contributed by atoms with Gasteiger partial charge in [0.05, 0.1) is 4.90 Å². The van der Waals surface area contributed by atoms with E-state index in [4.69, 9.17) is 11.6 Å². The lowest BCUT2D eigenvalue weighted by atomic mass is 9.99. The maximum atomic E-state index is 12.7. The van der Waals surface area contributed by atoms with Crippen LogP contribution >= 0.6 is 11.6 Å². The van der Waals surface area contributed by atoms with E-state index in [-0.39, 0.29) is 10.8 Å². The van der Waals surface area contributed by atoms with Crippen LogP contribution in [0.4, 0.5) is 0 Å². The maximum absolute atomic E-state index is 12.7. The van der Waals surface area contributed by atoms with Gasteiger partial charge >= 0.3 is 0 Å². The van der Waals surface area contributed by atoms with Crippen LogP contribution in [-0.2, 0) is 10.0 Å². The van der Waals surface area contributed by atoms with Crippen molar-refractivity contribution in [1.29, 1.82) is 0 Å². The van der Waals surface area contributed by atoms with Crippen molar-refractivity contribution in [1.82, 2.24) is 14.3 Å². The van der Waals surface area contributed by atoms with Gasteiger partial charge in [-0.15, -0.1) is 0 Å². The van der Waals surface area contributed by atoms with E-state index in [0.29, 0.717) is 18.1 Å². The van der Waals surface area contributed by atoms with Gasteiger partial charge in [-0.25, -0.2) is 13.4 Å². The van der Waals surface area contributed by atoms with Crippen LogP contribution in [0.3, 0.4) is 0 Å².